The van der Waals surface area contributed by atoms with E-state index in [0.29, 0.717) is 17.9 Å². The van der Waals surface area contributed by atoms with Crippen molar-refractivity contribution in [2.24, 2.45) is 0 Å². The Hall–Kier alpha value is -3.15. The lowest BCUT2D eigenvalue weighted by Crippen LogP contribution is -2.40. The monoisotopic (exact) mass is 514 g/mol. The number of rotatable bonds is 12. The first-order chi connectivity index (χ1) is 17.8. The second-order valence-electron chi connectivity index (χ2n) is 10.6. The van der Waals surface area contributed by atoms with Gasteiger partial charge in [0.25, 0.3) is 0 Å². The highest BCUT2D eigenvalue weighted by Crippen LogP contribution is 2.30. The molecule has 0 aromatic heterocycles. The van der Waals surface area contributed by atoms with Gasteiger partial charge in [0.2, 0.25) is 0 Å². The number of hydrogen-bond donors (Lipinski definition) is 0. The molecule has 1 saturated heterocycles. The number of epoxide rings is 1. The van der Waals surface area contributed by atoms with Gasteiger partial charge in [-0.15, -0.1) is 0 Å². The van der Waals surface area contributed by atoms with Gasteiger partial charge in [-0.2, -0.15) is 0 Å². The maximum Gasteiger partial charge on any atom is 0.333 e. The molecule has 1 atom stereocenters. The summed E-state index contributed by atoms with van der Waals surface area (Å²) in [7, 11) is -1.37. The highest BCUT2D eigenvalue weighted by molar-refractivity contribution is 6.89. The van der Waals surface area contributed by atoms with Crippen molar-refractivity contribution < 1.29 is 19.0 Å². The lowest BCUT2D eigenvalue weighted by molar-refractivity contribution is -0.140. The third-order valence-corrected chi connectivity index (χ3v) is 10.5. The predicted molar refractivity (Wildman–Crippen MR) is 154 cm³/mol. The third kappa shape index (κ3) is 7.21. The van der Waals surface area contributed by atoms with E-state index in [1.165, 1.54) is 35.2 Å². The van der Waals surface area contributed by atoms with Crippen LogP contribution in [0.25, 0.3) is 22.3 Å². The van der Waals surface area contributed by atoms with Crippen molar-refractivity contribution in [3.8, 4) is 28.0 Å². The van der Waals surface area contributed by atoms with Crippen molar-refractivity contribution >= 4 is 19.2 Å². The highest BCUT2D eigenvalue weighted by atomic mass is 28.3. The van der Waals surface area contributed by atoms with E-state index >= 15 is 0 Å². The molecule has 0 bridgehead atoms. The zero-order valence-corrected chi connectivity index (χ0v) is 23.5. The van der Waals surface area contributed by atoms with Crippen molar-refractivity contribution in [1.29, 1.82) is 0 Å². The largest absolute Gasteiger partial charge is 0.490 e. The van der Waals surface area contributed by atoms with Gasteiger partial charge in [-0.3, -0.25) is 0 Å². The van der Waals surface area contributed by atoms with Gasteiger partial charge in [-0.25, -0.2) is 4.79 Å². The molecule has 37 heavy (non-hydrogen) atoms. The van der Waals surface area contributed by atoms with Gasteiger partial charge in [-0.1, -0.05) is 105 Å². The molecule has 0 spiro atoms. The van der Waals surface area contributed by atoms with Crippen LogP contribution in [0.4, 0.5) is 0 Å². The summed E-state index contributed by atoms with van der Waals surface area (Å²) >= 11 is 0. The molecule has 3 aromatic rings. The molecule has 0 radical (unpaired) electrons. The van der Waals surface area contributed by atoms with Gasteiger partial charge in [0, 0.05) is 11.1 Å². The zero-order valence-electron chi connectivity index (χ0n) is 22.5. The second-order valence-corrected chi connectivity index (χ2v) is 15.4. The maximum absolute atomic E-state index is 12.0. The second kappa shape index (κ2) is 11.9. The molecular formula is C32H38O4Si. The van der Waals surface area contributed by atoms with Crippen molar-refractivity contribution in [3.05, 3.63) is 84.4 Å². The van der Waals surface area contributed by atoms with Crippen LogP contribution < -0.4 is 9.92 Å². The highest BCUT2D eigenvalue weighted by Gasteiger charge is 2.24. The minimum Gasteiger partial charge on any atom is -0.490 e. The van der Waals surface area contributed by atoms with Crippen molar-refractivity contribution in [2.75, 3.05) is 13.2 Å². The minimum atomic E-state index is -1.37. The molecule has 1 aliphatic rings. The van der Waals surface area contributed by atoms with Crippen LogP contribution in [-0.2, 0) is 20.9 Å². The molecule has 4 rings (SSSR count). The van der Waals surface area contributed by atoms with E-state index < -0.39 is 14.0 Å². The molecule has 194 valence electrons. The van der Waals surface area contributed by atoms with Gasteiger partial charge >= 0.3 is 5.97 Å². The van der Waals surface area contributed by atoms with Gasteiger partial charge in [0.05, 0.1) is 14.7 Å². The van der Waals surface area contributed by atoms with Crippen molar-refractivity contribution in [1.82, 2.24) is 0 Å². The molecule has 1 unspecified atom stereocenters. The van der Waals surface area contributed by atoms with Crippen LogP contribution >= 0.6 is 0 Å². The van der Waals surface area contributed by atoms with Gasteiger partial charge < -0.3 is 14.2 Å². The molecule has 1 heterocycles. The number of ether oxygens (including phenoxy) is 3. The van der Waals surface area contributed by atoms with Gasteiger partial charge in [0.1, 0.15) is 25.1 Å². The number of benzene rings is 3. The van der Waals surface area contributed by atoms with E-state index in [9.17, 15) is 4.79 Å². The maximum atomic E-state index is 12.0. The standard InChI is InChI=1S/C32H38O4Si/c1-6-7-18-37(4,5)30-15-12-25(13-16-30)24-8-10-26(11-9-24)27-14-17-31(35-22-29-21-34-29)28(19-27)20-36-32(33)23(2)3/h8-17,19,29H,2,6-7,18,20-22H2,1,3-5H3. The summed E-state index contributed by atoms with van der Waals surface area (Å²) < 4.78 is 16.6. The van der Waals surface area contributed by atoms with Crippen LogP contribution in [0.3, 0.4) is 0 Å². The quantitative estimate of drug-likeness (QED) is 0.112. The Balaban J connectivity index is 1.51. The minimum absolute atomic E-state index is 0.128. The van der Waals surface area contributed by atoms with Crippen LogP contribution in [0.5, 0.6) is 5.75 Å². The predicted octanol–water partition coefficient (Wildman–Crippen LogP) is 7.13. The van der Waals surface area contributed by atoms with Gasteiger partial charge in [0.15, 0.2) is 0 Å². The Labute approximate surface area is 222 Å². The lowest BCUT2D eigenvalue weighted by atomic mass is 9.99. The normalized spacial score (nSPS) is 14.8. The van der Waals surface area contributed by atoms with E-state index in [-0.39, 0.29) is 12.7 Å². The van der Waals surface area contributed by atoms with Crippen LogP contribution in [0.15, 0.2) is 78.9 Å². The first-order valence-electron chi connectivity index (χ1n) is 13.2. The van der Waals surface area contributed by atoms with Crippen molar-refractivity contribution in [2.45, 2.75) is 58.5 Å². The Morgan fingerprint density at radius 1 is 0.973 bits per heavy atom. The fourth-order valence-corrected chi connectivity index (χ4v) is 6.95. The van der Waals surface area contributed by atoms with E-state index in [2.05, 4.69) is 75.1 Å². The first-order valence-corrected chi connectivity index (χ1v) is 16.4. The molecule has 0 aliphatic carbocycles. The van der Waals surface area contributed by atoms with Crippen LogP contribution in [-0.4, -0.2) is 33.4 Å². The fraction of sp³-hybridized carbons (Fsp3) is 0.344. The van der Waals surface area contributed by atoms with Gasteiger partial charge in [-0.05, 0) is 41.3 Å². The summed E-state index contributed by atoms with van der Waals surface area (Å²) in [6, 6.07) is 25.1. The van der Waals surface area contributed by atoms with Crippen LogP contribution in [0, 0.1) is 0 Å². The summed E-state index contributed by atoms with van der Waals surface area (Å²) in [5, 5.41) is 1.52. The summed E-state index contributed by atoms with van der Waals surface area (Å²) in [6.07, 6.45) is 2.72. The molecule has 3 aromatic carbocycles. The molecule has 0 saturated carbocycles. The topological polar surface area (TPSA) is 48.1 Å². The lowest BCUT2D eigenvalue weighted by Gasteiger charge is -2.23. The van der Waals surface area contributed by atoms with E-state index in [0.717, 1.165) is 23.3 Å². The Morgan fingerprint density at radius 3 is 2.11 bits per heavy atom. The number of carbonyl (C=O) groups excluding carboxylic acids is 1. The third-order valence-electron chi connectivity index (χ3n) is 6.97. The molecule has 0 N–H and O–H groups in total. The molecule has 4 nitrogen and oxygen atoms in total. The van der Waals surface area contributed by atoms with E-state index in [1.54, 1.807) is 6.92 Å². The Bertz CT molecular complexity index is 1220. The molecular weight excluding hydrogens is 476 g/mol. The summed E-state index contributed by atoms with van der Waals surface area (Å²) in [5.74, 6) is 0.296. The molecule has 1 aliphatic heterocycles. The first kappa shape index (κ1) is 26.9. The fourth-order valence-electron chi connectivity index (χ4n) is 4.36. The molecule has 0 amide bonds. The average Bonchev–Trinajstić information content (AvgIpc) is 3.74. The molecule has 5 heteroatoms. The number of esters is 1. The summed E-state index contributed by atoms with van der Waals surface area (Å²) in [4.78, 5) is 12.0. The Kier molecular flexibility index (Phi) is 8.67. The molecule has 1 fully saturated rings. The van der Waals surface area contributed by atoms with Crippen molar-refractivity contribution in [3.63, 3.8) is 0 Å². The van der Waals surface area contributed by atoms with Crippen LogP contribution in [0.1, 0.15) is 32.3 Å². The smallest absolute Gasteiger partial charge is 0.333 e. The summed E-state index contributed by atoms with van der Waals surface area (Å²) in [5.41, 5.74) is 5.76. The SMILES string of the molecule is C=C(C)C(=O)OCc1cc(-c2ccc(-c3ccc([Si](C)(C)CCCC)cc3)cc2)ccc1OCC1CO1. The van der Waals surface area contributed by atoms with Crippen LogP contribution in [0.2, 0.25) is 19.1 Å². The number of hydrogen-bond acceptors (Lipinski definition) is 4. The average molecular weight is 515 g/mol. The number of unbranched alkanes of at least 4 members (excludes halogenated alkanes) is 1. The van der Waals surface area contributed by atoms with E-state index in [4.69, 9.17) is 14.2 Å². The number of carbonyl (C=O) groups is 1. The zero-order chi connectivity index (χ0) is 26.4. The summed E-state index contributed by atoms with van der Waals surface area (Å²) in [6.45, 7) is 13.9. The van der Waals surface area contributed by atoms with E-state index in [1.807, 2.05) is 18.2 Å². The Morgan fingerprint density at radius 2 is 1.54 bits per heavy atom.